The van der Waals surface area contributed by atoms with Gasteiger partial charge < -0.3 is 20.9 Å². The first-order chi connectivity index (χ1) is 16.9. The van der Waals surface area contributed by atoms with Crippen LogP contribution in [-0.4, -0.2) is 44.0 Å². The lowest BCUT2D eigenvalue weighted by Crippen LogP contribution is -2.23. The SMILES string of the molecule is COc1ccc(F)cc1C(=O)NCc1ccc(-c2nn([C@H]3CC[C@H](O)C3)c3ncnc(N)c23)cc1. The van der Waals surface area contributed by atoms with E-state index in [0.29, 0.717) is 34.7 Å². The summed E-state index contributed by atoms with van der Waals surface area (Å²) in [6.07, 6.45) is 3.24. The van der Waals surface area contributed by atoms with E-state index in [1.54, 1.807) is 0 Å². The van der Waals surface area contributed by atoms with Crippen LogP contribution < -0.4 is 15.8 Å². The van der Waals surface area contributed by atoms with Crippen molar-refractivity contribution < 1.29 is 19.0 Å². The molecule has 0 spiro atoms. The van der Waals surface area contributed by atoms with Crippen molar-refractivity contribution in [2.24, 2.45) is 0 Å². The summed E-state index contributed by atoms with van der Waals surface area (Å²) in [7, 11) is 1.43. The number of fused-ring (bicyclic) bond motifs is 1. The molecule has 1 aliphatic rings. The number of aliphatic hydroxyl groups excluding tert-OH is 1. The molecule has 2 atom stereocenters. The summed E-state index contributed by atoms with van der Waals surface area (Å²) in [5.74, 6) is -0.298. The average Bonchev–Trinajstić information content (AvgIpc) is 3.47. The highest BCUT2D eigenvalue weighted by Gasteiger charge is 2.28. The maximum atomic E-state index is 13.6. The molecule has 2 aromatic carbocycles. The molecule has 35 heavy (non-hydrogen) atoms. The Balaban J connectivity index is 1.38. The second-order valence-corrected chi connectivity index (χ2v) is 8.60. The van der Waals surface area contributed by atoms with E-state index in [1.807, 2.05) is 28.9 Å². The summed E-state index contributed by atoms with van der Waals surface area (Å²) in [6, 6.07) is 11.4. The molecule has 9 nitrogen and oxygen atoms in total. The molecule has 1 aliphatic carbocycles. The third-order valence-electron chi connectivity index (χ3n) is 6.33. The van der Waals surface area contributed by atoms with Gasteiger partial charge in [-0.1, -0.05) is 24.3 Å². The van der Waals surface area contributed by atoms with E-state index in [2.05, 4.69) is 15.3 Å². The quantitative estimate of drug-likeness (QED) is 0.390. The van der Waals surface area contributed by atoms with E-state index in [-0.39, 0.29) is 24.3 Å². The minimum atomic E-state index is -0.512. The topological polar surface area (TPSA) is 128 Å². The summed E-state index contributed by atoms with van der Waals surface area (Å²) in [6.45, 7) is 0.249. The molecule has 0 aliphatic heterocycles. The number of nitrogens with one attached hydrogen (secondary N) is 1. The number of nitrogens with zero attached hydrogens (tertiary/aromatic N) is 4. The zero-order valence-electron chi connectivity index (χ0n) is 19.1. The third kappa shape index (κ3) is 4.40. The maximum Gasteiger partial charge on any atom is 0.255 e. The lowest BCUT2D eigenvalue weighted by Gasteiger charge is -2.10. The molecule has 2 aromatic heterocycles. The molecule has 180 valence electrons. The molecule has 4 N–H and O–H groups in total. The number of nitrogen functional groups attached to an aromatic ring is 1. The van der Waals surface area contributed by atoms with E-state index < -0.39 is 11.7 Å². The second-order valence-electron chi connectivity index (χ2n) is 8.60. The van der Waals surface area contributed by atoms with Crippen LogP contribution in [0, 0.1) is 5.82 Å². The standard InChI is InChI=1S/C25H25FN6O3/c1-35-20-9-6-16(26)10-19(20)25(34)28-12-14-2-4-15(5-3-14)22-21-23(27)29-13-30-24(21)32(31-22)17-7-8-18(33)11-17/h2-6,9-10,13,17-18,33H,7-8,11-12H2,1H3,(H,28,34)(H2,27,29,30)/t17-,18-/m0/s1. The van der Waals surface area contributed by atoms with Crippen molar-refractivity contribution in [2.45, 2.75) is 38.0 Å². The molecule has 0 saturated heterocycles. The summed E-state index contributed by atoms with van der Waals surface area (Å²) >= 11 is 0. The number of carbonyl (C=O) groups excluding carboxylic acids is 1. The van der Waals surface area contributed by atoms with E-state index >= 15 is 0 Å². The number of methoxy groups -OCH3 is 1. The Bertz CT molecular complexity index is 1390. The van der Waals surface area contributed by atoms with Crippen LogP contribution in [0.2, 0.25) is 0 Å². The number of anilines is 1. The molecule has 5 rings (SSSR count). The molecular formula is C25H25FN6O3. The molecule has 1 amide bonds. The predicted molar refractivity (Wildman–Crippen MR) is 128 cm³/mol. The van der Waals surface area contributed by atoms with Crippen molar-refractivity contribution >= 4 is 22.8 Å². The highest BCUT2D eigenvalue weighted by molar-refractivity contribution is 5.98. The predicted octanol–water partition coefficient (Wildman–Crippen LogP) is 3.24. The van der Waals surface area contributed by atoms with Crippen molar-refractivity contribution in [1.29, 1.82) is 0 Å². The highest BCUT2D eigenvalue weighted by atomic mass is 19.1. The van der Waals surface area contributed by atoms with Crippen molar-refractivity contribution in [3.8, 4) is 17.0 Å². The minimum Gasteiger partial charge on any atom is -0.496 e. The van der Waals surface area contributed by atoms with Crippen molar-refractivity contribution in [3.05, 3.63) is 65.7 Å². The van der Waals surface area contributed by atoms with Crippen LogP contribution in [0.5, 0.6) is 5.75 Å². The Kier molecular flexibility index (Phi) is 6.04. The minimum absolute atomic E-state index is 0.0462. The fourth-order valence-electron chi connectivity index (χ4n) is 4.52. The van der Waals surface area contributed by atoms with Gasteiger partial charge in [-0.3, -0.25) is 4.79 Å². The van der Waals surface area contributed by atoms with Gasteiger partial charge in [0.2, 0.25) is 0 Å². The summed E-state index contributed by atoms with van der Waals surface area (Å²) < 4.78 is 20.6. The first kappa shape index (κ1) is 22.7. The van der Waals surface area contributed by atoms with Gasteiger partial charge in [0, 0.05) is 12.1 Å². The zero-order chi connectivity index (χ0) is 24.5. The van der Waals surface area contributed by atoms with Gasteiger partial charge in [-0.05, 0) is 43.0 Å². The van der Waals surface area contributed by atoms with Crippen LogP contribution in [0.3, 0.4) is 0 Å². The Hall–Kier alpha value is -4.05. The number of carbonyl (C=O) groups is 1. The van der Waals surface area contributed by atoms with Gasteiger partial charge >= 0.3 is 0 Å². The number of ether oxygens (including phenoxy) is 1. The summed E-state index contributed by atoms with van der Waals surface area (Å²) in [5.41, 5.74) is 9.32. The first-order valence-electron chi connectivity index (χ1n) is 11.3. The van der Waals surface area contributed by atoms with Gasteiger partial charge in [-0.2, -0.15) is 5.10 Å². The van der Waals surface area contributed by atoms with E-state index in [4.69, 9.17) is 15.6 Å². The monoisotopic (exact) mass is 476 g/mol. The van der Waals surface area contributed by atoms with Gasteiger partial charge in [0.1, 0.15) is 29.4 Å². The van der Waals surface area contributed by atoms with Gasteiger partial charge in [0.25, 0.3) is 5.91 Å². The van der Waals surface area contributed by atoms with E-state index in [1.165, 1.54) is 25.6 Å². The van der Waals surface area contributed by atoms with Crippen molar-refractivity contribution in [1.82, 2.24) is 25.1 Å². The molecule has 0 unspecified atom stereocenters. The molecule has 1 saturated carbocycles. The number of hydrogen-bond acceptors (Lipinski definition) is 7. The fourth-order valence-corrected chi connectivity index (χ4v) is 4.52. The molecule has 0 bridgehead atoms. The van der Waals surface area contributed by atoms with E-state index in [9.17, 15) is 14.3 Å². The normalized spacial score (nSPS) is 17.6. The molecule has 2 heterocycles. The molecule has 4 aromatic rings. The number of hydrogen-bond donors (Lipinski definition) is 3. The van der Waals surface area contributed by atoms with Crippen LogP contribution in [-0.2, 0) is 6.54 Å². The zero-order valence-corrected chi connectivity index (χ0v) is 19.1. The van der Waals surface area contributed by atoms with Gasteiger partial charge in [0.05, 0.1) is 30.2 Å². The number of rotatable bonds is 6. The molecule has 1 fully saturated rings. The Morgan fingerprint density at radius 1 is 1.23 bits per heavy atom. The van der Waals surface area contributed by atoms with Crippen LogP contribution in [0.4, 0.5) is 10.2 Å². The largest absolute Gasteiger partial charge is 0.496 e. The van der Waals surface area contributed by atoms with Crippen LogP contribution in [0.25, 0.3) is 22.3 Å². The van der Waals surface area contributed by atoms with Crippen LogP contribution in [0.15, 0.2) is 48.8 Å². The number of aromatic nitrogens is 4. The van der Waals surface area contributed by atoms with Crippen molar-refractivity contribution in [3.63, 3.8) is 0 Å². The number of halogens is 1. The Morgan fingerprint density at radius 2 is 2.03 bits per heavy atom. The van der Waals surface area contributed by atoms with Crippen LogP contribution in [0.1, 0.15) is 41.2 Å². The number of amides is 1. The Labute approximate surface area is 200 Å². The van der Waals surface area contributed by atoms with E-state index in [0.717, 1.165) is 30.0 Å². The second kappa shape index (κ2) is 9.30. The highest BCUT2D eigenvalue weighted by Crippen LogP contribution is 2.36. The number of nitrogens with two attached hydrogens (primary N) is 1. The first-order valence-corrected chi connectivity index (χ1v) is 11.3. The summed E-state index contributed by atoms with van der Waals surface area (Å²) in [5, 5.41) is 18.3. The smallest absolute Gasteiger partial charge is 0.255 e. The van der Waals surface area contributed by atoms with Gasteiger partial charge in [-0.15, -0.1) is 0 Å². The third-order valence-corrected chi connectivity index (χ3v) is 6.33. The Morgan fingerprint density at radius 3 is 2.74 bits per heavy atom. The average molecular weight is 477 g/mol. The summed E-state index contributed by atoms with van der Waals surface area (Å²) in [4.78, 5) is 21.1. The van der Waals surface area contributed by atoms with Crippen molar-refractivity contribution in [2.75, 3.05) is 12.8 Å². The molecule has 0 radical (unpaired) electrons. The van der Waals surface area contributed by atoms with Crippen LogP contribution >= 0.6 is 0 Å². The molecular weight excluding hydrogens is 451 g/mol. The van der Waals surface area contributed by atoms with Gasteiger partial charge in [-0.25, -0.2) is 19.0 Å². The molecule has 10 heteroatoms. The van der Waals surface area contributed by atoms with Gasteiger partial charge in [0.15, 0.2) is 5.65 Å². The number of aliphatic hydroxyl groups is 1. The lowest BCUT2D eigenvalue weighted by atomic mass is 10.1. The lowest BCUT2D eigenvalue weighted by molar-refractivity contribution is 0.0947. The number of benzene rings is 2. The fraction of sp³-hybridized carbons (Fsp3) is 0.280. The maximum absolute atomic E-state index is 13.6.